The third-order valence-corrected chi connectivity index (χ3v) is 3.70. The van der Waals surface area contributed by atoms with Crippen molar-refractivity contribution in [2.75, 3.05) is 32.4 Å². The molecule has 0 atom stereocenters. The molecular formula is C14H19F2N3O. The molecule has 1 aromatic carbocycles. The van der Waals surface area contributed by atoms with Gasteiger partial charge in [-0.2, -0.15) is 0 Å². The van der Waals surface area contributed by atoms with Crippen molar-refractivity contribution >= 4 is 11.6 Å². The summed E-state index contributed by atoms with van der Waals surface area (Å²) in [6.07, 6.45) is 1.98. The van der Waals surface area contributed by atoms with E-state index in [9.17, 15) is 13.6 Å². The molecule has 1 aliphatic rings. The van der Waals surface area contributed by atoms with E-state index in [1.165, 1.54) is 0 Å². The Morgan fingerprint density at radius 1 is 1.40 bits per heavy atom. The first-order valence-corrected chi connectivity index (χ1v) is 6.68. The predicted octanol–water partition coefficient (Wildman–Crippen LogP) is 1.62. The number of hydrogen-bond acceptors (Lipinski definition) is 3. The van der Waals surface area contributed by atoms with E-state index in [0.29, 0.717) is 12.5 Å². The largest absolute Gasteiger partial charge is 0.396 e. The topological polar surface area (TPSA) is 58.4 Å². The van der Waals surface area contributed by atoms with Crippen LogP contribution in [-0.2, 0) is 0 Å². The van der Waals surface area contributed by atoms with Crippen LogP contribution in [0, 0.1) is 17.6 Å². The van der Waals surface area contributed by atoms with Gasteiger partial charge < -0.3 is 16.0 Å². The number of piperidine rings is 1. The van der Waals surface area contributed by atoms with Gasteiger partial charge in [-0.15, -0.1) is 0 Å². The number of amides is 1. The Kier molecular flexibility index (Phi) is 4.54. The summed E-state index contributed by atoms with van der Waals surface area (Å²) in [6.45, 7) is 2.45. The van der Waals surface area contributed by atoms with Gasteiger partial charge in [0.05, 0.1) is 11.3 Å². The Balaban J connectivity index is 1.95. The van der Waals surface area contributed by atoms with Crippen molar-refractivity contribution in [1.82, 2.24) is 10.2 Å². The number of nitrogen functional groups attached to an aromatic ring is 1. The number of rotatable bonds is 3. The monoisotopic (exact) mass is 283 g/mol. The Morgan fingerprint density at radius 2 is 2.05 bits per heavy atom. The van der Waals surface area contributed by atoms with Crippen LogP contribution in [0.15, 0.2) is 12.1 Å². The lowest BCUT2D eigenvalue weighted by Crippen LogP contribution is -2.37. The summed E-state index contributed by atoms with van der Waals surface area (Å²) in [5.41, 5.74) is 4.62. The van der Waals surface area contributed by atoms with E-state index in [1.54, 1.807) is 0 Å². The van der Waals surface area contributed by atoms with E-state index in [4.69, 9.17) is 5.73 Å². The van der Waals surface area contributed by atoms with Crippen LogP contribution in [0.5, 0.6) is 0 Å². The maximum Gasteiger partial charge on any atom is 0.254 e. The molecule has 3 N–H and O–H groups in total. The lowest BCUT2D eigenvalue weighted by Gasteiger charge is -2.28. The molecule has 4 nitrogen and oxygen atoms in total. The van der Waals surface area contributed by atoms with E-state index in [-0.39, 0.29) is 11.3 Å². The molecular weight excluding hydrogens is 264 g/mol. The smallest absolute Gasteiger partial charge is 0.254 e. The second-order valence-corrected chi connectivity index (χ2v) is 5.31. The molecule has 1 fully saturated rings. The number of nitrogens with zero attached hydrogens (tertiary/aromatic N) is 1. The van der Waals surface area contributed by atoms with Gasteiger partial charge in [0.25, 0.3) is 5.91 Å². The highest BCUT2D eigenvalue weighted by molar-refractivity contribution is 5.95. The molecule has 0 bridgehead atoms. The maximum atomic E-state index is 13.7. The molecule has 20 heavy (non-hydrogen) atoms. The van der Waals surface area contributed by atoms with E-state index >= 15 is 0 Å². The minimum Gasteiger partial charge on any atom is -0.396 e. The molecule has 1 amide bonds. The lowest BCUT2D eigenvalue weighted by molar-refractivity contribution is 0.0934. The van der Waals surface area contributed by atoms with Gasteiger partial charge in [0.1, 0.15) is 5.82 Å². The van der Waals surface area contributed by atoms with Gasteiger partial charge in [0.15, 0.2) is 5.82 Å². The number of carbonyl (C=O) groups excluding carboxylic acids is 1. The zero-order valence-electron chi connectivity index (χ0n) is 11.5. The minimum atomic E-state index is -0.868. The highest BCUT2D eigenvalue weighted by Crippen LogP contribution is 2.18. The molecule has 110 valence electrons. The van der Waals surface area contributed by atoms with Crippen molar-refractivity contribution < 1.29 is 13.6 Å². The van der Waals surface area contributed by atoms with Crippen molar-refractivity contribution in [3.05, 3.63) is 29.3 Å². The van der Waals surface area contributed by atoms with Crippen LogP contribution in [0.25, 0.3) is 0 Å². The van der Waals surface area contributed by atoms with Gasteiger partial charge in [-0.3, -0.25) is 4.79 Å². The number of hydrogen-bond donors (Lipinski definition) is 2. The summed E-state index contributed by atoms with van der Waals surface area (Å²) in [7, 11) is 2.06. The van der Waals surface area contributed by atoms with Gasteiger partial charge in [-0.1, -0.05) is 0 Å². The molecule has 0 radical (unpaired) electrons. The molecule has 0 aromatic heterocycles. The predicted molar refractivity (Wildman–Crippen MR) is 73.3 cm³/mol. The van der Waals surface area contributed by atoms with Crippen LogP contribution in [0.2, 0.25) is 0 Å². The molecule has 2 rings (SSSR count). The summed E-state index contributed by atoms with van der Waals surface area (Å²) in [4.78, 5) is 14.1. The normalized spacial score (nSPS) is 17.1. The van der Waals surface area contributed by atoms with Crippen LogP contribution in [0.4, 0.5) is 14.5 Å². The summed E-state index contributed by atoms with van der Waals surface area (Å²) in [6, 6.07) is 1.73. The number of likely N-dealkylation sites (tertiary alicyclic amines) is 1. The van der Waals surface area contributed by atoms with Crippen LogP contribution in [0.3, 0.4) is 0 Å². The average molecular weight is 283 g/mol. The van der Waals surface area contributed by atoms with Crippen LogP contribution < -0.4 is 11.1 Å². The number of nitrogens with two attached hydrogens (primary N) is 1. The minimum absolute atomic E-state index is 0.338. The molecule has 0 spiro atoms. The highest BCUT2D eigenvalue weighted by Gasteiger charge is 2.20. The fourth-order valence-electron chi connectivity index (χ4n) is 2.37. The Morgan fingerprint density at radius 3 is 2.70 bits per heavy atom. The number of anilines is 1. The van der Waals surface area contributed by atoms with Crippen molar-refractivity contribution in [2.45, 2.75) is 12.8 Å². The third-order valence-electron chi connectivity index (χ3n) is 3.70. The number of nitrogens with one attached hydrogen (secondary N) is 1. The van der Waals surface area contributed by atoms with E-state index in [2.05, 4.69) is 17.3 Å². The first-order chi connectivity index (χ1) is 9.47. The van der Waals surface area contributed by atoms with Crippen molar-refractivity contribution in [3.63, 3.8) is 0 Å². The molecule has 0 aliphatic carbocycles. The zero-order valence-corrected chi connectivity index (χ0v) is 11.5. The standard InChI is InChI=1S/C14H19F2N3O/c1-19-4-2-9(3-5-19)8-18-14(20)11-6-10(15)7-12(17)13(11)16/h6-7,9H,2-5,8,17H2,1H3,(H,18,20). The molecule has 0 saturated carbocycles. The maximum absolute atomic E-state index is 13.7. The lowest BCUT2D eigenvalue weighted by atomic mass is 9.97. The summed E-state index contributed by atoms with van der Waals surface area (Å²) >= 11 is 0. The van der Waals surface area contributed by atoms with E-state index in [0.717, 1.165) is 38.1 Å². The average Bonchev–Trinajstić information content (AvgIpc) is 2.42. The van der Waals surface area contributed by atoms with Crippen molar-refractivity contribution in [2.24, 2.45) is 5.92 Å². The van der Waals surface area contributed by atoms with Crippen LogP contribution in [0.1, 0.15) is 23.2 Å². The van der Waals surface area contributed by atoms with E-state index in [1.807, 2.05) is 0 Å². The fourth-order valence-corrected chi connectivity index (χ4v) is 2.37. The summed E-state index contributed by atoms with van der Waals surface area (Å²) in [5, 5.41) is 2.66. The van der Waals surface area contributed by atoms with Crippen LogP contribution in [-0.4, -0.2) is 37.5 Å². The second-order valence-electron chi connectivity index (χ2n) is 5.31. The quantitative estimate of drug-likeness (QED) is 0.829. The number of halogens is 2. The first kappa shape index (κ1) is 14.7. The summed E-state index contributed by atoms with van der Waals surface area (Å²) < 4.78 is 26.9. The Labute approximate surface area is 116 Å². The van der Waals surface area contributed by atoms with E-state index < -0.39 is 17.5 Å². The highest BCUT2D eigenvalue weighted by atomic mass is 19.1. The first-order valence-electron chi connectivity index (χ1n) is 6.68. The molecule has 1 heterocycles. The summed E-state index contributed by atoms with van der Waals surface area (Å²) in [5.74, 6) is -1.82. The SMILES string of the molecule is CN1CCC(CNC(=O)c2cc(F)cc(N)c2F)CC1. The van der Waals surface area contributed by atoms with Crippen molar-refractivity contribution in [3.8, 4) is 0 Å². The molecule has 1 saturated heterocycles. The van der Waals surface area contributed by atoms with Gasteiger partial charge >= 0.3 is 0 Å². The second kappa shape index (κ2) is 6.17. The third kappa shape index (κ3) is 3.45. The molecule has 1 aromatic rings. The number of carbonyl (C=O) groups is 1. The molecule has 1 aliphatic heterocycles. The fraction of sp³-hybridized carbons (Fsp3) is 0.500. The van der Waals surface area contributed by atoms with Crippen molar-refractivity contribution in [1.29, 1.82) is 0 Å². The van der Waals surface area contributed by atoms with Crippen LogP contribution >= 0.6 is 0 Å². The Bertz CT molecular complexity index is 499. The zero-order chi connectivity index (χ0) is 14.7. The Hall–Kier alpha value is -1.69. The van der Waals surface area contributed by atoms with Gasteiger partial charge in [-0.25, -0.2) is 8.78 Å². The molecule has 0 unspecified atom stereocenters. The molecule has 6 heteroatoms. The van der Waals surface area contributed by atoms with Gasteiger partial charge in [0, 0.05) is 6.54 Å². The number of benzene rings is 1. The van der Waals surface area contributed by atoms with Gasteiger partial charge in [0.2, 0.25) is 0 Å². The van der Waals surface area contributed by atoms with Gasteiger partial charge in [-0.05, 0) is 51.0 Å².